The van der Waals surface area contributed by atoms with Crippen molar-refractivity contribution in [2.45, 2.75) is 19.9 Å². The fourth-order valence-electron chi connectivity index (χ4n) is 2.14. The molecule has 4 heteroatoms. The summed E-state index contributed by atoms with van der Waals surface area (Å²) in [4.78, 5) is 4.51. The summed E-state index contributed by atoms with van der Waals surface area (Å²) in [6.45, 7) is 5.81. The first-order valence-corrected chi connectivity index (χ1v) is 6.91. The van der Waals surface area contributed by atoms with Crippen LogP contribution in [0.15, 0.2) is 18.2 Å². The highest BCUT2D eigenvalue weighted by Gasteiger charge is 2.11. The summed E-state index contributed by atoms with van der Waals surface area (Å²) in [5.74, 6) is -0.168. The zero-order chi connectivity index (χ0) is 14.3. The highest BCUT2D eigenvalue weighted by Crippen LogP contribution is 2.22. The molecule has 0 heterocycles. The highest BCUT2D eigenvalue weighted by molar-refractivity contribution is 5.54. The van der Waals surface area contributed by atoms with Crippen molar-refractivity contribution >= 4 is 5.69 Å². The maximum absolute atomic E-state index is 13.4. The molecule has 0 saturated carbocycles. The Morgan fingerprint density at radius 2 is 1.89 bits per heavy atom. The molecule has 0 fully saturated rings. The quantitative estimate of drug-likeness (QED) is 0.780. The Bertz CT molecular complexity index is 380. The molecule has 0 atom stereocenters. The first-order chi connectivity index (χ1) is 9.08. The Kier molecular flexibility index (Phi) is 6.81. The first-order valence-electron chi connectivity index (χ1n) is 6.91. The molecular formula is C15H26FN3. The lowest BCUT2D eigenvalue weighted by atomic mass is 10.1. The Morgan fingerprint density at radius 3 is 2.47 bits per heavy atom. The third-order valence-corrected chi connectivity index (χ3v) is 3.06. The molecule has 19 heavy (non-hydrogen) atoms. The van der Waals surface area contributed by atoms with Gasteiger partial charge >= 0.3 is 0 Å². The molecule has 0 aliphatic carbocycles. The van der Waals surface area contributed by atoms with Gasteiger partial charge in [-0.15, -0.1) is 0 Å². The maximum atomic E-state index is 13.4. The van der Waals surface area contributed by atoms with Gasteiger partial charge in [-0.2, -0.15) is 0 Å². The monoisotopic (exact) mass is 267 g/mol. The van der Waals surface area contributed by atoms with Gasteiger partial charge in [-0.1, -0.05) is 6.92 Å². The molecular weight excluding hydrogens is 241 g/mol. The zero-order valence-electron chi connectivity index (χ0n) is 12.5. The number of nitrogens with zero attached hydrogens (tertiary/aromatic N) is 2. The van der Waals surface area contributed by atoms with Crippen LogP contribution in [0.3, 0.4) is 0 Å². The normalized spacial score (nSPS) is 11.1. The summed E-state index contributed by atoms with van der Waals surface area (Å²) in [7, 11) is 6.03. The number of halogens is 1. The molecule has 0 aromatic heterocycles. The van der Waals surface area contributed by atoms with E-state index in [-0.39, 0.29) is 5.82 Å². The van der Waals surface area contributed by atoms with Crippen LogP contribution in [0.5, 0.6) is 0 Å². The Morgan fingerprint density at radius 1 is 1.16 bits per heavy atom. The second-order valence-corrected chi connectivity index (χ2v) is 5.09. The van der Waals surface area contributed by atoms with Crippen molar-refractivity contribution < 1.29 is 4.39 Å². The average Bonchev–Trinajstić information content (AvgIpc) is 2.35. The third kappa shape index (κ3) is 5.17. The Balaban J connectivity index is 2.92. The van der Waals surface area contributed by atoms with Gasteiger partial charge in [-0.3, -0.25) is 0 Å². The summed E-state index contributed by atoms with van der Waals surface area (Å²) in [6, 6.07) is 5.07. The van der Waals surface area contributed by atoms with Gasteiger partial charge in [0.05, 0.1) is 0 Å². The van der Waals surface area contributed by atoms with Crippen LogP contribution < -0.4 is 10.2 Å². The molecule has 1 aromatic rings. The molecule has 0 saturated heterocycles. The van der Waals surface area contributed by atoms with Gasteiger partial charge in [0.25, 0.3) is 0 Å². The van der Waals surface area contributed by atoms with Gasteiger partial charge < -0.3 is 15.1 Å². The molecule has 108 valence electrons. The lowest BCUT2D eigenvalue weighted by Gasteiger charge is -2.28. The smallest absolute Gasteiger partial charge is 0.123 e. The summed E-state index contributed by atoms with van der Waals surface area (Å²) in [5.41, 5.74) is 2.16. The number of likely N-dealkylation sites (N-methyl/N-ethyl adjacent to an activating group) is 1. The van der Waals surface area contributed by atoms with Gasteiger partial charge in [0.1, 0.15) is 5.82 Å². The van der Waals surface area contributed by atoms with Crippen molar-refractivity contribution in [1.82, 2.24) is 10.2 Å². The fraction of sp³-hybridized carbons (Fsp3) is 0.600. The van der Waals surface area contributed by atoms with E-state index in [2.05, 4.69) is 36.1 Å². The second-order valence-electron chi connectivity index (χ2n) is 5.09. The number of benzene rings is 1. The summed E-state index contributed by atoms with van der Waals surface area (Å²) < 4.78 is 13.4. The van der Waals surface area contributed by atoms with Crippen LogP contribution in [0.2, 0.25) is 0 Å². The molecule has 0 bridgehead atoms. The van der Waals surface area contributed by atoms with E-state index >= 15 is 0 Å². The van der Waals surface area contributed by atoms with Crippen molar-refractivity contribution in [3.8, 4) is 0 Å². The van der Waals surface area contributed by atoms with Crippen LogP contribution in [0, 0.1) is 5.82 Å². The minimum absolute atomic E-state index is 0.168. The zero-order valence-corrected chi connectivity index (χ0v) is 12.5. The second kappa shape index (κ2) is 8.12. The number of hydrogen-bond donors (Lipinski definition) is 1. The highest BCUT2D eigenvalue weighted by atomic mass is 19.1. The van der Waals surface area contributed by atoms with E-state index in [1.54, 1.807) is 12.1 Å². The van der Waals surface area contributed by atoms with Crippen LogP contribution in [0.4, 0.5) is 10.1 Å². The van der Waals surface area contributed by atoms with Crippen LogP contribution in [0.1, 0.15) is 18.9 Å². The topological polar surface area (TPSA) is 18.5 Å². The van der Waals surface area contributed by atoms with E-state index < -0.39 is 0 Å². The van der Waals surface area contributed by atoms with Crippen molar-refractivity contribution in [2.24, 2.45) is 0 Å². The number of anilines is 1. The standard InChI is InChI=1S/C15H26FN3/c1-5-8-19(10-9-18(3)4)15-7-6-14(16)11-13(15)12-17-2/h6-7,11,17H,5,8-10,12H2,1-4H3. The summed E-state index contributed by atoms with van der Waals surface area (Å²) >= 11 is 0. The number of nitrogens with one attached hydrogen (secondary N) is 1. The largest absolute Gasteiger partial charge is 0.370 e. The molecule has 1 aromatic carbocycles. The molecule has 1 rings (SSSR count). The van der Waals surface area contributed by atoms with Crippen molar-refractivity contribution in [2.75, 3.05) is 45.7 Å². The van der Waals surface area contributed by atoms with Gasteiger partial charge in [-0.25, -0.2) is 4.39 Å². The molecule has 0 amide bonds. The Hall–Kier alpha value is -1.13. The third-order valence-electron chi connectivity index (χ3n) is 3.06. The van der Waals surface area contributed by atoms with Crippen LogP contribution in [0.25, 0.3) is 0 Å². The van der Waals surface area contributed by atoms with E-state index in [0.29, 0.717) is 6.54 Å². The lowest BCUT2D eigenvalue weighted by Crippen LogP contribution is -2.33. The van der Waals surface area contributed by atoms with Gasteiger partial charge in [0.15, 0.2) is 0 Å². The predicted molar refractivity (Wildman–Crippen MR) is 80.2 cm³/mol. The van der Waals surface area contributed by atoms with Crippen LogP contribution in [-0.4, -0.2) is 45.7 Å². The molecule has 3 nitrogen and oxygen atoms in total. The Labute approximate surface area is 116 Å². The SMILES string of the molecule is CCCN(CCN(C)C)c1ccc(F)cc1CNC. The van der Waals surface area contributed by atoms with E-state index in [1.807, 2.05) is 13.1 Å². The number of rotatable bonds is 8. The average molecular weight is 267 g/mol. The van der Waals surface area contributed by atoms with E-state index in [9.17, 15) is 4.39 Å². The molecule has 0 aliphatic rings. The number of hydrogen-bond acceptors (Lipinski definition) is 3. The van der Waals surface area contributed by atoms with Crippen LogP contribution >= 0.6 is 0 Å². The molecule has 1 N–H and O–H groups in total. The van der Waals surface area contributed by atoms with E-state index in [4.69, 9.17) is 0 Å². The summed E-state index contributed by atoms with van der Waals surface area (Å²) in [5, 5.41) is 3.11. The minimum atomic E-state index is -0.168. The molecule has 0 unspecified atom stereocenters. The first kappa shape index (κ1) is 15.9. The van der Waals surface area contributed by atoms with Crippen molar-refractivity contribution in [3.05, 3.63) is 29.6 Å². The van der Waals surface area contributed by atoms with Crippen molar-refractivity contribution in [1.29, 1.82) is 0 Å². The van der Waals surface area contributed by atoms with Gasteiger partial charge in [-0.05, 0) is 51.3 Å². The lowest BCUT2D eigenvalue weighted by molar-refractivity contribution is 0.412. The maximum Gasteiger partial charge on any atom is 0.123 e. The van der Waals surface area contributed by atoms with Crippen LogP contribution in [-0.2, 0) is 6.54 Å². The van der Waals surface area contributed by atoms with Gasteiger partial charge in [0.2, 0.25) is 0 Å². The van der Waals surface area contributed by atoms with E-state index in [0.717, 1.165) is 37.3 Å². The fourth-order valence-corrected chi connectivity index (χ4v) is 2.14. The van der Waals surface area contributed by atoms with E-state index in [1.165, 1.54) is 0 Å². The predicted octanol–water partition coefficient (Wildman–Crippen LogP) is 2.32. The van der Waals surface area contributed by atoms with Gasteiger partial charge in [0, 0.05) is 31.9 Å². The molecule has 0 aliphatic heterocycles. The molecule has 0 radical (unpaired) electrons. The van der Waals surface area contributed by atoms with Crippen molar-refractivity contribution in [3.63, 3.8) is 0 Å². The minimum Gasteiger partial charge on any atom is -0.370 e. The molecule has 0 spiro atoms. The summed E-state index contributed by atoms with van der Waals surface area (Å²) in [6.07, 6.45) is 1.09.